The van der Waals surface area contributed by atoms with Gasteiger partial charge in [0.2, 0.25) is 5.91 Å². The van der Waals surface area contributed by atoms with Gasteiger partial charge in [-0.2, -0.15) is 0 Å². The molecule has 1 amide bonds. The molecule has 1 aromatic carbocycles. The van der Waals surface area contributed by atoms with Crippen molar-refractivity contribution in [2.24, 2.45) is 0 Å². The van der Waals surface area contributed by atoms with Gasteiger partial charge >= 0.3 is 0 Å². The van der Waals surface area contributed by atoms with Crippen LogP contribution < -0.4 is 4.74 Å². The summed E-state index contributed by atoms with van der Waals surface area (Å²) in [6.45, 7) is 2.21. The molecule has 0 aromatic heterocycles. The molecular formula is C12H16ClNO2. The molecule has 0 fully saturated rings. The van der Waals surface area contributed by atoms with Crippen molar-refractivity contribution in [3.05, 3.63) is 29.8 Å². The predicted molar refractivity (Wildman–Crippen MR) is 64.8 cm³/mol. The van der Waals surface area contributed by atoms with Gasteiger partial charge in [-0.15, -0.1) is 11.6 Å². The number of nitrogens with zero attached hydrogens (tertiary/aromatic N) is 1. The molecule has 1 atom stereocenters. The fourth-order valence-corrected chi connectivity index (χ4v) is 1.59. The van der Waals surface area contributed by atoms with E-state index in [4.69, 9.17) is 16.3 Å². The zero-order chi connectivity index (χ0) is 12.1. The number of halogens is 1. The predicted octanol–water partition coefficient (Wildman–Crippen LogP) is 2.28. The van der Waals surface area contributed by atoms with Gasteiger partial charge in [0.25, 0.3) is 0 Å². The van der Waals surface area contributed by atoms with Crippen LogP contribution in [0.4, 0.5) is 0 Å². The van der Waals surface area contributed by atoms with E-state index in [2.05, 4.69) is 0 Å². The molecule has 1 rings (SSSR count). The Morgan fingerprint density at radius 1 is 1.56 bits per heavy atom. The minimum Gasteiger partial charge on any atom is -0.497 e. The lowest BCUT2D eigenvalue weighted by Crippen LogP contribution is -2.31. The highest BCUT2D eigenvalue weighted by Gasteiger charge is 2.14. The maximum atomic E-state index is 11.6. The lowest BCUT2D eigenvalue weighted by Gasteiger charge is -2.18. The first kappa shape index (κ1) is 12.8. The van der Waals surface area contributed by atoms with Gasteiger partial charge in [0, 0.05) is 13.6 Å². The van der Waals surface area contributed by atoms with E-state index in [0.29, 0.717) is 6.54 Å². The standard InChI is InChI=1S/C12H16ClNO2/c1-9(13)12(15)14(2)8-10-5-4-6-11(7-10)16-3/h4-7,9H,8H2,1-3H3. The molecule has 4 heteroatoms. The van der Waals surface area contributed by atoms with Crippen molar-refractivity contribution in [2.75, 3.05) is 14.2 Å². The van der Waals surface area contributed by atoms with E-state index in [0.717, 1.165) is 11.3 Å². The molecule has 3 nitrogen and oxygen atoms in total. The van der Waals surface area contributed by atoms with Crippen LogP contribution in [0.2, 0.25) is 0 Å². The number of carbonyl (C=O) groups excluding carboxylic acids is 1. The third kappa shape index (κ3) is 3.42. The highest BCUT2D eigenvalue weighted by Crippen LogP contribution is 2.14. The van der Waals surface area contributed by atoms with Crippen molar-refractivity contribution >= 4 is 17.5 Å². The van der Waals surface area contributed by atoms with Gasteiger partial charge in [-0.05, 0) is 24.6 Å². The quantitative estimate of drug-likeness (QED) is 0.757. The molecule has 0 heterocycles. The molecule has 0 aliphatic heterocycles. The number of carbonyl (C=O) groups is 1. The van der Waals surface area contributed by atoms with Crippen molar-refractivity contribution in [2.45, 2.75) is 18.8 Å². The Morgan fingerprint density at radius 3 is 2.81 bits per heavy atom. The van der Waals surface area contributed by atoms with Crippen LogP contribution in [0.5, 0.6) is 5.75 Å². The normalized spacial score (nSPS) is 12.0. The Hall–Kier alpha value is -1.22. The highest BCUT2D eigenvalue weighted by atomic mass is 35.5. The summed E-state index contributed by atoms with van der Waals surface area (Å²) >= 11 is 5.73. The second-order valence-corrected chi connectivity index (χ2v) is 4.32. The average Bonchev–Trinajstić information content (AvgIpc) is 2.28. The van der Waals surface area contributed by atoms with Gasteiger partial charge in [0.15, 0.2) is 0 Å². The summed E-state index contributed by atoms with van der Waals surface area (Å²) in [5, 5.41) is -0.490. The van der Waals surface area contributed by atoms with Gasteiger partial charge in [0.1, 0.15) is 11.1 Å². The van der Waals surface area contributed by atoms with E-state index in [1.54, 1.807) is 26.0 Å². The number of ether oxygens (including phenoxy) is 1. The first-order valence-electron chi connectivity index (χ1n) is 5.06. The second-order valence-electron chi connectivity index (χ2n) is 3.66. The summed E-state index contributed by atoms with van der Waals surface area (Å²) in [6.07, 6.45) is 0. The number of amides is 1. The van der Waals surface area contributed by atoms with Gasteiger partial charge in [-0.25, -0.2) is 0 Å². The van der Waals surface area contributed by atoms with Crippen LogP contribution in [0.1, 0.15) is 12.5 Å². The highest BCUT2D eigenvalue weighted by molar-refractivity contribution is 6.30. The molecule has 0 saturated heterocycles. The fourth-order valence-electron chi connectivity index (χ4n) is 1.43. The minimum atomic E-state index is -0.490. The summed E-state index contributed by atoms with van der Waals surface area (Å²) in [6, 6.07) is 7.62. The zero-order valence-electron chi connectivity index (χ0n) is 9.74. The molecule has 0 spiro atoms. The maximum Gasteiger partial charge on any atom is 0.240 e. The van der Waals surface area contributed by atoms with E-state index in [1.807, 2.05) is 24.3 Å². The first-order valence-corrected chi connectivity index (χ1v) is 5.50. The molecule has 1 aromatic rings. The van der Waals surface area contributed by atoms with Crippen LogP contribution in [0.3, 0.4) is 0 Å². The van der Waals surface area contributed by atoms with Crippen molar-refractivity contribution in [1.29, 1.82) is 0 Å². The summed E-state index contributed by atoms with van der Waals surface area (Å²) in [4.78, 5) is 13.2. The summed E-state index contributed by atoms with van der Waals surface area (Å²) in [7, 11) is 3.36. The molecule has 0 N–H and O–H groups in total. The molecule has 0 aliphatic rings. The first-order chi connectivity index (χ1) is 7.54. The van der Waals surface area contributed by atoms with Crippen LogP contribution in [-0.4, -0.2) is 30.3 Å². The van der Waals surface area contributed by atoms with E-state index in [-0.39, 0.29) is 5.91 Å². The molecule has 0 saturated carbocycles. The SMILES string of the molecule is COc1cccc(CN(C)C(=O)C(C)Cl)c1. The number of rotatable bonds is 4. The van der Waals surface area contributed by atoms with Gasteiger partial charge in [-0.3, -0.25) is 4.79 Å². The summed E-state index contributed by atoms with van der Waals surface area (Å²) in [5.41, 5.74) is 1.02. The smallest absolute Gasteiger partial charge is 0.240 e. The Kier molecular flexibility index (Phi) is 4.62. The summed E-state index contributed by atoms with van der Waals surface area (Å²) in [5.74, 6) is 0.710. The lowest BCUT2D eigenvalue weighted by atomic mass is 10.2. The monoisotopic (exact) mass is 241 g/mol. The second kappa shape index (κ2) is 5.75. The Labute approximate surface area is 101 Å². The molecule has 0 radical (unpaired) electrons. The van der Waals surface area contributed by atoms with E-state index < -0.39 is 5.38 Å². The maximum absolute atomic E-state index is 11.6. The van der Waals surface area contributed by atoms with Crippen LogP contribution in [0.25, 0.3) is 0 Å². The van der Waals surface area contributed by atoms with Crippen LogP contribution in [0.15, 0.2) is 24.3 Å². The number of benzene rings is 1. The minimum absolute atomic E-state index is 0.0792. The topological polar surface area (TPSA) is 29.5 Å². The van der Waals surface area contributed by atoms with Crippen molar-refractivity contribution < 1.29 is 9.53 Å². The third-order valence-electron chi connectivity index (χ3n) is 2.27. The molecule has 88 valence electrons. The fraction of sp³-hybridized carbons (Fsp3) is 0.417. The molecular weight excluding hydrogens is 226 g/mol. The molecule has 0 bridgehead atoms. The van der Waals surface area contributed by atoms with Crippen LogP contribution in [0, 0.1) is 0 Å². The average molecular weight is 242 g/mol. The molecule has 0 aliphatic carbocycles. The van der Waals surface area contributed by atoms with E-state index >= 15 is 0 Å². The van der Waals surface area contributed by atoms with Crippen LogP contribution >= 0.6 is 11.6 Å². The van der Waals surface area contributed by atoms with E-state index in [9.17, 15) is 4.79 Å². The van der Waals surface area contributed by atoms with Gasteiger partial charge < -0.3 is 9.64 Å². The largest absolute Gasteiger partial charge is 0.497 e. The van der Waals surface area contributed by atoms with E-state index in [1.165, 1.54) is 0 Å². The number of hydrogen-bond acceptors (Lipinski definition) is 2. The lowest BCUT2D eigenvalue weighted by molar-refractivity contribution is -0.129. The Morgan fingerprint density at radius 2 is 2.25 bits per heavy atom. The third-order valence-corrected chi connectivity index (χ3v) is 2.46. The summed E-state index contributed by atoms with van der Waals surface area (Å²) < 4.78 is 5.11. The van der Waals surface area contributed by atoms with Crippen LogP contribution in [-0.2, 0) is 11.3 Å². The van der Waals surface area contributed by atoms with Crippen molar-refractivity contribution in [1.82, 2.24) is 4.90 Å². The number of hydrogen-bond donors (Lipinski definition) is 0. The Balaban J connectivity index is 2.69. The molecule has 1 unspecified atom stereocenters. The van der Waals surface area contributed by atoms with Crippen molar-refractivity contribution in [3.8, 4) is 5.75 Å². The van der Waals surface area contributed by atoms with Gasteiger partial charge in [-0.1, -0.05) is 12.1 Å². The number of alkyl halides is 1. The zero-order valence-corrected chi connectivity index (χ0v) is 10.5. The molecule has 16 heavy (non-hydrogen) atoms. The Bertz CT molecular complexity index is 366. The van der Waals surface area contributed by atoms with Crippen molar-refractivity contribution in [3.63, 3.8) is 0 Å². The van der Waals surface area contributed by atoms with Gasteiger partial charge in [0.05, 0.1) is 7.11 Å². The number of methoxy groups -OCH3 is 1.